The van der Waals surface area contributed by atoms with Gasteiger partial charge in [0, 0.05) is 17.5 Å². The van der Waals surface area contributed by atoms with E-state index < -0.39 is 29.7 Å². The van der Waals surface area contributed by atoms with Crippen LogP contribution in [0.2, 0.25) is 0 Å². The van der Waals surface area contributed by atoms with Gasteiger partial charge in [0.25, 0.3) is 5.91 Å². The number of rotatable bonds is 3. The lowest BCUT2D eigenvalue weighted by molar-refractivity contribution is 0.0995. The number of hydrogen-bond donors (Lipinski definition) is 3. The summed E-state index contributed by atoms with van der Waals surface area (Å²) in [5.74, 6) is -2.10. The van der Waals surface area contributed by atoms with Gasteiger partial charge in [0.2, 0.25) is 0 Å². The first-order valence-corrected chi connectivity index (χ1v) is 10.8. The number of aliphatic hydroxyl groups is 1. The van der Waals surface area contributed by atoms with Gasteiger partial charge in [-0.2, -0.15) is 0 Å². The number of primary amides is 2. The molecule has 1 aliphatic heterocycles. The molecule has 3 amide bonds. The van der Waals surface area contributed by atoms with Gasteiger partial charge in [-0.1, -0.05) is 47.7 Å². The minimum Gasteiger partial charge on any atom is -0.388 e. The fourth-order valence-electron chi connectivity index (χ4n) is 3.89. The quantitative estimate of drug-likeness (QED) is 0.403. The summed E-state index contributed by atoms with van der Waals surface area (Å²) in [5.41, 5.74) is 13.3. The summed E-state index contributed by atoms with van der Waals surface area (Å²) in [6, 6.07) is 17.8. The van der Waals surface area contributed by atoms with Gasteiger partial charge in [0.1, 0.15) is 11.6 Å². The molecule has 184 valence electrons. The van der Waals surface area contributed by atoms with Gasteiger partial charge >= 0.3 is 6.03 Å². The molecule has 0 unspecified atom stereocenters. The molecule has 0 aliphatic carbocycles. The lowest BCUT2D eigenvalue weighted by Crippen LogP contribution is -2.32. The van der Waals surface area contributed by atoms with E-state index in [1.165, 1.54) is 17.2 Å². The molecule has 0 saturated heterocycles. The zero-order chi connectivity index (χ0) is 25.8. The van der Waals surface area contributed by atoms with Crippen LogP contribution in [0.4, 0.5) is 25.0 Å². The van der Waals surface area contributed by atoms with E-state index in [4.69, 9.17) is 11.5 Å². The number of halogens is 2. The summed E-state index contributed by atoms with van der Waals surface area (Å²) in [6.07, 6.45) is 1.06. The van der Waals surface area contributed by atoms with Crippen molar-refractivity contribution in [2.75, 3.05) is 4.90 Å². The number of benzene rings is 3. The van der Waals surface area contributed by atoms with Crippen LogP contribution >= 0.6 is 0 Å². The first-order valence-electron chi connectivity index (χ1n) is 10.8. The minimum absolute atomic E-state index is 0.0539. The highest BCUT2D eigenvalue weighted by molar-refractivity contribution is 6.00. The second-order valence-electron chi connectivity index (χ2n) is 7.95. The highest BCUT2D eigenvalue weighted by atomic mass is 19.1. The van der Waals surface area contributed by atoms with Crippen LogP contribution in [0.3, 0.4) is 0 Å². The number of aliphatic hydroxyl groups excluding tert-OH is 1. The number of nitrogens with two attached hydrogens (primary N) is 2. The van der Waals surface area contributed by atoms with Crippen molar-refractivity contribution in [2.45, 2.75) is 19.1 Å². The summed E-state index contributed by atoms with van der Waals surface area (Å²) in [7, 11) is 0. The Hall–Kier alpha value is -4.64. The second kappa shape index (κ2) is 10.3. The molecule has 1 aromatic heterocycles. The topological polar surface area (TPSA) is 140 Å². The Bertz CT molecular complexity index is 1400. The average molecular weight is 492 g/mol. The highest BCUT2D eigenvalue weighted by Crippen LogP contribution is 2.39. The van der Waals surface area contributed by atoms with E-state index in [9.17, 15) is 23.5 Å². The van der Waals surface area contributed by atoms with Crippen LogP contribution in [0.5, 0.6) is 0 Å². The Labute approximate surface area is 204 Å². The van der Waals surface area contributed by atoms with Crippen LogP contribution in [0.15, 0.2) is 72.9 Å². The molecule has 0 spiro atoms. The van der Waals surface area contributed by atoms with Crippen molar-refractivity contribution in [1.82, 2.24) is 15.0 Å². The molecule has 36 heavy (non-hydrogen) atoms. The number of aromatic nitrogens is 3. The second-order valence-corrected chi connectivity index (χ2v) is 7.95. The molecule has 0 radical (unpaired) electrons. The van der Waals surface area contributed by atoms with E-state index in [0.29, 0.717) is 12.1 Å². The summed E-state index contributed by atoms with van der Waals surface area (Å²) < 4.78 is 27.8. The van der Waals surface area contributed by atoms with Gasteiger partial charge in [-0.3, -0.25) is 9.69 Å². The number of hydrogen-bond acceptors (Lipinski definition) is 5. The number of carbonyl (C=O) groups is 2. The normalized spacial score (nSPS) is 14.1. The summed E-state index contributed by atoms with van der Waals surface area (Å²) in [5, 5.41) is 17.3. The van der Waals surface area contributed by atoms with Crippen molar-refractivity contribution < 1.29 is 23.5 Å². The van der Waals surface area contributed by atoms with E-state index in [0.717, 1.165) is 33.6 Å². The molecular formula is C25H22F2N6O3. The molecule has 4 aromatic rings. The highest BCUT2D eigenvalue weighted by Gasteiger charge is 2.27. The van der Waals surface area contributed by atoms with Crippen LogP contribution in [-0.2, 0) is 13.0 Å². The third-order valence-electron chi connectivity index (χ3n) is 5.58. The zero-order valence-corrected chi connectivity index (χ0v) is 18.9. The van der Waals surface area contributed by atoms with E-state index in [-0.39, 0.29) is 17.8 Å². The number of amides is 3. The summed E-state index contributed by atoms with van der Waals surface area (Å²) >= 11 is 0. The number of urea groups is 1. The van der Waals surface area contributed by atoms with Crippen LogP contribution in [0.1, 0.15) is 33.3 Å². The summed E-state index contributed by atoms with van der Waals surface area (Å²) in [6.45, 7) is -0.154. The number of anilines is 2. The molecule has 3 aromatic carbocycles. The summed E-state index contributed by atoms with van der Waals surface area (Å²) in [4.78, 5) is 24.0. The van der Waals surface area contributed by atoms with Gasteiger partial charge in [-0.05, 0) is 29.8 Å². The monoisotopic (exact) mass is 492 g/mol. The van der Waals surface area contributed by atoms with Gasteiger partial charge in [-0.25, -0.2) is 18.3 Å². The predicted octanol–water partition coefficient (Wildman–Crippen LogP) is 3.20. The standard InChI is InChI=1S/C15H14N2O2.C10H8F2N4O/c16-15(19)17-12-7-3-1-5-10(12)9-14(18)11-6-2-4-8-13(11)17;11-7-2-1-3-8(12)6(7)4-16-5-9(10(13)17)14-15-16/h1-8,14,18H,9H2,(H2,16,19);1-3,5H,4H2,(H2,13,17)/t14-;/m0./s1. The SMILES string of the molecule is NC(=O)N1c2ccccc2C[C@H](O)c2ccccc21.NC(=O)c1cn(Cc2c(F)cccc2F)nn1. The fourth-order valence-corrected chi connectivity index (χ4v) is 3.89. The first kappa shape index (κ1) is 24.5. The molecule has 5 N–H and O–H groups in total. The van der Waals surface area contributed by atoms with Crippen LogP contribution in [-0.4, -0.2) is 32.0 Å². The third kappa shape index (κ3) is 5.05. The van der Waals surface area contributed by atoms with Gasteiger partial charge in [0.05, 0.1) is 30.2 Å². The molecule has 0 bridgehead atoms. The Kier molecular flexibility index (Phi) is 7.02. The minimum atomic E-state index is -0.745. The molecule has 0 saturated carbocycles. The lowest BCUT2D eigenvalue weighted by atomic mass is 10.0. The first-order chi connectivity index (χ1) is 17.3. The Morgan fingerprint density at radius 3 is 2.22 bits per heavy atom. The molecule has 5 rings (SSSR count). The lowest BCUT2D eigenvalue weighted by Gasteiger charge is -2.22. The third-order valence-corrected chi connectivity index (χ3v) is 5.58. The molecule has 1 atom stereocenters. The van der Waals surface area contributed by atoms with Gasteiger partial charge < -0.3 is 16.6 Å². The van der Waals surface area contributed by atoms with Crippen molar-refractivity contribution in [2.24, 2.45) is 11.5 Å². The zero-order valence-electron chi connectivity index (χ0n) is 18.9. The molecule has 2 heterocycles. The molecule has 0 fully saturated rings. The van der Waals surface area contributed by atoms with Gasteiger partial charge in [-0.15, -0.1) is 5.10 Å². The molecule has 9 nitrogen and oxygen atoms in total. The maximum absolute atomic E-state index is 13.3. The van der Waals surface area contributed by atoms with Crippen molar-refractivity contribution in [1.29, 1.82) is 0 Å². The maximum atomic E-state index is 13.3. The average Bonchev–Trinajstić information content (AvgIpc) is 3.28. The Balaban J connectivity index is 0.000000170. The number of para-hydroxylation sites is 2. The number of nitrogens with zero attached hydrogens (tertiary/aromatic N) is 4. The smallest absolute Gasteiger partial charge is 0.323 e. The van der Waals surface area contributed by atoms with Gasteiger partial charge in [0.15, 0.2) is 5.69 Å². The Morgan fingerprint density at radius 2 is 1.58 bits per heavy atom. The van der Waals surface area contributed by atoms with Crippen molar-refractivity contribution in [3.05, 3.63) is 107 Å². The molecule has 11 heteroatoms. The molecule has 1 aliphatic rings. The maximum Gasteiger partial charge on any atom is 0.323 e. The number of fused-ring (bicyclic) bond motifs is 2. The van der Waals surface area contributed by atoms with Crippen LogP contribution in [0.25, 0.3) is 0 Å². The number of carbonyl (C=O) groups excluding carboxylic acids is 2. The van der Waals surface area contributed by atoms with Crippen molar-refractivity contribution in [3.63, 3.8) is 0 Å². The van der Waals surface area contributed by atoms with Crippen LogP contribution < -0.4 is 16.4 Å². The van der Waals surface area contributed by atoms with Crippen LogP contribution in [0, 0.1) is 11.6 Å². The molecular weight excluding hydrogens is 470 g/mol. The van der Waals surface area contributed by atoms with Crippen molar-refractivity contribution in [3.8, 4) is 0 Å². The van der Waals surface area contributed by atoms with E-state index in [1.54, 1.807) is 6.07 Å². The van der Waals surface area contributed by atoms with E-state index >= 15 is 0 Å². The fraction of sp³-hybridized carbons (Fsp3) is 0.120. The van der Waals surface area contributed by atoms with E-state index in [1.807, 2.05) is 42.5 Å². The predicted molar refractivity (Wildman–Crippen MR) is 127 cm³/mol. The van der Waals surface area contributed by atoms with E-state index in [2.05, 4.69) is 10.3 Å². The largest absolute Gasteiger partial charge is 0.388 e. The van der Waals surface area contributed by atoms with Crippen molar-refractivity contribution >= 4 is 23.3 Å². The Morgan fingerprint density at radius 1 is 0.944 bits per heavy atom.